The molecule has 1 heterocycles. The molecule has 1 aromatic heterocycles. The number of aromatic nitrogens is 1. The van der Waals surface area contributed by atoms with Gasteiger partial charge in [-0.25, -0.2) is 0 Å². The van der Waals surface area contributed by atoms with Crippen LogP contribution in [0.4, 0.5) is 0 Å². The van der Waals surface area contributed by atoms with Gasteiger partial charge < -0.3 is 4.43 Å². The summed E-state index contributed by atoms with van der Waals surface area (Å²) in [5.74, 6) is 0.807. The van der Waals surface area contributed by atoms with E-state index in [4.69, 9.17) is 27.6 Å². The van der Waals surface area contributed by atoms with Gasteiger partial charge in [-0.05, 0) is 55.1 Å². The monoisotopic (exact) mass is 401 g/mol. The summed E-state index contributed by atoms with van der Waals surface area (Å²) >= 11 is 13.0. The predicted molar refractivity (Wildman–Crippen MR) is 111 cm³/mol. The summed E-state index contributed by atoms with van der Waals surface area (Å²) < 4.78 is 6.85. The maximum absolute atomic E-state index is 6.85. The summed E-state index contributed by atoms with van der Waals surface area (Å²) in [5, 5.41) is 1.27. The normalized spacial score (nSPS) is 18.8. The van der Waals surface area contributed by atoms with Crippen LogP contribution in [0.2, 0.25) is 28.2 Å². The third kappa shape index (κ3) is 5.21. The molecule has 1 aliphatic carbocycles. The minimum Gasteiger partial charge on any atom is -0.410 e. The first-order valence-corrected chi connectivity index (χ1v) is 13.0. The molecule has 0 saturated heterocycles. The lowest BCUT2D eigenvalue weighted by Crippen LogP contribution is -2.38. The van der Waals surface area contributed by atoms with Crippen LogP contribution < -0.4 is 0 Å². The fraction of sp³-hybridized carbons (Fsp3) is 0.750. The Morgan fingerprint density at radius 2 is 1.64 bits per heavy atom. The first-order valence-electron chi connectivity index (χ1n) is 9.72. The highest BCUT2D eigenvalue weighted by molar-refractivity contribution is 6.73. The number of hydrogen-bond donors (Lipinski definition) is 0. The van der Waals surface area contributed by atoms with E-state index in [0.29, 0.717) is 15.5 Å². The van der Waals surface area contributed by atoms with Crippen molar-refractivity contribution in [1.29, 1.82) is 0 Å². The SMILES string of the molecule is CC[Si](CC)(CC)OC(CCC1CC(C)(C)C1)c1c(Cl)cncc1Cl. The molecule has 0 bridgehead atoms. The molecule has 1 unspecified atom stereocenters. The standard InChI is InChI=1S/C20H33Cl2NOSi/c1-6-25(7-2,8-3)24-18(10-9-15-11-20(4,5)12-15)19-16(21)13-23-14-17(19)22/h13-15,18H,6-12H2,1-5H3. The van der Waals surface area contributed by atoms with Gasteiger partial charge in [-0.2, -0.15) is 0 Å². The fourth-order valence-electron chi connectivity index (χ4n) is 4.39. The van der Waals surface area contributed by atoms with Crippen molar-refractivity contribution >= 4 is 31.5 Å². The molecule has 25 heavy (non-hydrogen) atoms. The molecule has 5 heteroatoms. The number of rotatable bonds is 9. The van der Waals surface area contributed by atoms with Crippen LogP contribution in [0.25, 0.3) is 0 Å². The van der Waals surface area contributed by atoms with Crippen molar-refractivity contribution < 1.29 is 4.43 Å². The molecule has 2 rings (SSSR count). The number of halogens is 2. The Hall–Kier alpha value is -0.0931. The second kappa shape index (κ2) is 8.73. The van der Waals surface area contributed by atoms with Crippen molar-refractivity contribution in [2.24, 2.45) is 11.3 Å². The first kappa shape index (κ1) is 21.2. The lowest BCUT2D eigenvalue weighted by atomic mass is 9.63. The summed E-state index contributed by atoms with van der Waals surface area (Å²) in [7, 11) is -1.74. The van der Waals surface area contributed by atoms with Crippen LogP contribution in [0.1, 0.15) is 72.0 Å². The summed E-state index contributed by atoms with van der Waals surface area (Å²) in [6.45, 7) is 11.5. The molecular formula is C20H33Cl2NOSi. The lowest BCUT2D eigenvalue weighted by molar-refractivity contribution is 0.0723. The zero-order valence-corrected chi connectivity index (χ0v) is 18.9. The molecular weight excluding hydrogens is 369 g/mol. The molecule has 1 saturated carbocycles. The third-order valence-electron chi connectivity index (χ3n) is 6.06. The van der Waals surface area contributed by atoms with E-state index in [1.54, 1.807) is 12.4 Å². The third-order valence-corrected chi connectivity index (χ3v) is 11.3. The summed E-state index contributed by atoms with van der Waals surface area (Å²) in [6.07, 6.45) is 8.20. The maximum atomic E-state index is 6.85. The van der Waals surface area contributed by atoms with E-state index in [9.17, 15) is 0 Å². The van der Waals surface area contributed by atoms with Gasteiger partial charge in [0.25, 0.3) is 0 Å². The van der Waals surface area contributed by atoms with Crippen LogP contribution in [0.15, 0.2) is 12.4 Å². The second-order valence-corrected chi connectivity index (χ2v) is 13.9. The average Bonchev–Trinajstić information content (AvgIpc) is 2.55. The van der Waals surface area contributed by atoms with Crippen LogP contribution in [-0.4, -0.2) is 13.3 Å². The zero-order valence-electron chi connectivity index (χ0n) is 16.4. The van der Waals surface area contributed by atoms with Crippen molar-refractivity contribution in [3.8, 4) is 0 Å². The number of nitrogens with zero attached hydrogens (tertiary/aromatic N) is 1. The largest absolute Gasteiger partial charge is 0.410 e. The van der Waals surface area contributed by atoms with E-state index < -0.39 is 8.32 Å². The van der Waals surface area contributed by atoms with Crippen molar-refractivity contribution in [3.63, 3.8) is 0 Å². The summed E-state index contributed by atoms with van der Waals surface area (Å²) in [6, 6.07) is 3.40. The van der Waals surface area contributed by atoms with Crippen molar-refractivity contribution in [3.05, 3.63) is 28.0 Å². The van der Waals surface area contributed by atoms with Gasteiger partial charge >= 0.3 is 0 Å². The second-order valence-electron chi connectivity index (χ2n) is 8.38. The van der Waals surface area contributed by atoms with Crippen LogP contribution in [0, 0.1) is 11.3 Å². The van der Waals surface area contributed by atoms with Crippen LogP contribution in [-0.2, 0) is 4.43 Å². The van der Waals surface area contributed by atoms with E-state index in [1.165, 1.54) is 19.3 Å². The molecule has 0 amide bonds. The van der Waals surface area contributed by atoms with Gasteiger partial charge in [0.2, 0.25) is 0 Å². The molecule has 1 atom stereocenters. The molecule has 1 aromatic rings. The van der Waals surface area contributed by atoms with E-state index in [1.807, 2.05) is 0 Å². The summed E-state index contributed by atoms with van der Waals surface area (Å²) in [4.78, 5) is 4.12. The molecule has 0 radical (unpaired) electrons. The van der Waals surface area contributed by atoms with E-state index >= 15 is 0 Å². The smallest absolute Gasteiger partial charge is 0.192 e. The molecule has 0 spiro atoms. The molecule has 142 valence electrons. The zero-order chi connectivity index (χ0) is 18.7. The van der Waals surface area contributed by atoms with Crippen molar-refractivity contribution in [2.45, 2.75) is 84.5 Å². The number of pyridine rings is 1. The highest BCUT2D eigenvalue weighted by Crippen LogP contribution is 2.48. The van der Waals surface area contributed by atoms with E-state index in [2.05, 4.69) is 39.6 Å². The Labute approximate surface area is 164 Å². The highest BCUT2D eigenvalue weighted by atomic mass is 35.5. The van der Waals surface area contributed by atoms with Crippen LogP contribution in [0.3, 0.4) is 0 Å². The average molecular weight is 402 g/mol. The van der Waals surface area contributed by atoms with Gasteiger partial charge in [-0.15, -0.1) is 0 Å². The molecule has 1 fully saturated rings. The molecule has 0 aromatic carbocycles. The van der Waals surface area contributed by atoms with Gasteiger partial charge in [0, 0.05) is 18.0 Å². The van der Waals surface area contributed by atoms with Gasteiger partial charge in [-0.1, -0.05) is 57.8 Å². The Morgan fingerprint density at radius 3 is 2.08 bits per heavy atom. The number of hydrogen-bond acceptors (Lipinski definition) is 2. The van der Waals surface area contributed by atoms with E-state index in [-0.39, 0.29) is 6.10 Å². The predicted octanol–water partition coefficient (Wildman–Crippen LogP) is 7.67. The highest BCUT2D eigenvalue weighted by Gasteiger charge is 2.38. The maximum Gasteiger partial charge on any atom is 0.192 e. The topological polar surface area (TPSA) is 22.1 Å². The van der Waals surface area contributed by atoms with Gasteiger partial charge in [0.15, 0.2) is 8.32 Å². The lowest BCUT2D eigenvalue weighted by Gasteiger charge is -2.43. The quantitative estimate of drug-likeness (QED) is 0.395. The minimum absolute atomic E-state index is 0.00164. The Balaban J connectivity index is 2.19. The van der Waals surface area contributed by atoms with E-state index in [0.717, 1.165) is 36.0 Å². The van der Waals surface area contributed by atoms with Gasteiger partial charge in [0.1, 0.15) is 0 Å². The van der Waals surface area contributed by atoms with Crippen LogP contribution in [0.5, 0.6) is 0 Å². The Bertz CT molecular complexity index is 538. The minimum atomic E-state index is -1.74. The fourth-order valence-corrected chi connectivity index (χ4v) is 7.83. The first-order chi connectivity index (χ1) is 11.8. The van der Waals surface area contributed by atoms with Gasteiger partial charge in [0.05, 0.1) is 16.1 Å². The van der Waals surface area contributed by atoms with Crippen LogP contribution >= 0.6 is 23.2 Å². The molecule has 2 nitrogen and oxygen atoms in total. The van der Waals surface area contributed by atoms with Crippen molar-refractivity contribution in [2.75, 3.05) is 0 Å². The molecule has 0 N–H and O–H groups in total. The van der Waals surface area contributed by atoms with Crippen molar-refractivity contribution in [1.82, 2.24) is 4.98 Å². The Kier molecular flexibility index (Phi) is 7.41. The Morgan fingerprint density at radius 1 is 1.12 bits per heavy atom. The molecule has 1 aliphatic rings. The van der Waals surface area contributed by atoms with Gasteiger partial charge in [-0.3, -0.25) is 4.98 Å². The molecule has 0 aliphatic heterocycles. The summed E-state index contributed by atoms with van der Waals surface area (Å²) in [5.41, 5.74) is 1.46.